The van der Waals surface area contributed by atoms with E-state index in [-0.39, 0.29) is 11.0 Å². The lowest BCUT2D eigenvalue weighted by atomic mass is 9.48. The van der Waals surface area contributed by atoms with E-state index in [0.717, 1.165) is 22.7 Å². The van der Waals surface area contributed by atoms with Crippen molar-refractivity contribution in [2.75, 3.05) is 23.9 Å². The first-order chi connectivity index (χ1) is 16.3. The fourth-order valence-corrected chi connectivity index (χ4v) is 7.12. The summed E-state index contributed by atoms with van der Waals surface area (Å²) < 4.78 is 5.66. The maximum absolute atomic E-state index is 13.2. The van der Waals surface area contributed by atoms with E-state index in [2.05, 4.69) is 17.4 Å². The average Bonchev–Trinajstić information content (AvgIpc) is 3.25. The quantitative estimate of drug-likeness (QED) is 0.538. The van der Waals surface area contributed by atoms with Crippen LogP contribution in [0.3, 0.4) is 0 Å². The van der Waals surface area contributed by atoms with Crippen molar-refractivity contribution in [1.29, 1.82) is 0 Å². The molecule has 0 spiro atoms. The molecule has 0 unspecified atom stereocenters. The Bertz CT molecular complexity index is 1170. The monoisotopic (exact) mass is 459 g/mol. The van der Waals surface area contributed by atoms with Crippen molar-refractivity contribution in [3.63, 3.8) is 0 Å². The number of nitrogens with zero attached hydrogens (tertiary/aromatic N) is 2. The van der Waals surface area contributed by atoms with Crippen LogP contribution in [0, 0.1) is 17.8 Å². The first-order valence-electron chi connectivity index (χ1n) is 12.1. The Balaban J connectivity index is 1.28. The Morgan fingerprint density at radius 1 is 0.941 bits per heavy atom. The highest BCUT2D eigenvalue weighted by atomic mass is 16.4. The number of carbonyl (C=O) groups is 3. The molecule has 4 saturated carbocycles. The largest absolute Gasteiger partial charge is 0.441 e. The molecule has 1 aromatic heterocycles. The van der Waals surface area contributed by atoms with Gasteiger partial charge >= 0.3 is 6.03 Å². The zero-order valence-corrected chi connectivity index (χ0v) is 19.5. The van der Waals surface area contributed by atoms with E-state index in [1.165, 1.54) is 50.2 Å². The standard InChI is InChI=1S/C27H29N3O4/c1-29(2)23-8-7-21(34-23)12-22-24(31)28-26(33)30(25(22)32)20-5-3-19(4-6-20)27-13-16-9-17(14-27)11-18(10-16)15-27/h3-8,12,16-18H,9-11,13-15H2,1-2H3,(H,28,31,33)/b22-12+. The van der Waals surface area contributed by atoms with E-state index in [4.69, 9.17) is 4.42 Å². The molecule has 2 aromatic rings. The molecule has 1 aromatic carbocycles. The number of furan rings is 1. The van der Waals surface area contributed by atoms with Crippen LogP contribution in [0.5, 0.6) is 0 Å². The van der Waals surface area contributed by atoms with Gasteiger partial charge in [0.25, 0.3) is 11.8 Å². The molecule has 7 nitrogen and oxygen atoms in total. The van der Waals surface area contributed by atoms with Crippen molar-refractivity contribution in [3.05, 3.63) is 53.3 Å². The molecule has 176 valence electrons. The first-order valence-corrected chi connectivity index (χ1v) is 12.1. The van der Waals surface area contributed by atoms with Gasteiger partial charge in [-0.2, -0.15) is 0 Å². The highest BCUT2D eigenvalue weighted by Gasteiger charge is 2.51. The predicted octanol–water partition coefficient (Wildman–Crippen LogP) is 4.48. The number of barbiturate groups is 1. The van der Waals surface area contributed by atoms with Gasteiger partial charge in [-0.1, -0.05) is 12.1 Å². The Labute approximate surface area is 198 Å². The van der Waals surface area contributed by atoms with Gasteiger partial charge in [-0.25, -0.2) is 9.69 Å². The molecule has 5 aliphatic rings. The van der Waals surface area contributed by atoms with Crippen molar-refractivity contribution < 1.29 is 18.8 Å². The minimum atomic E-state index is -0.733. The fourth-order valence-electron chi connectivity index (χ4n) is 7.12. The van der Waals surface area contributed by atoms with E-state index in [9.17, 15) is 14.4 Å². The first kappa shape index (κ1) is 21.2. The minimum absolute atomic E-state index is 0.135. The SMILES string of the molecule is CN(C)c1ccc(/C=C2\C(=O)NC(=O)N(c3ccc(C45CC6CC(CC(C6)C4)C5)cc3)C2=O)o1. The smallest absolute Gasteiger partial charge is 0.335 e. The number of amides is 4. The summed E-state index contributed by atoms with van der Waals surface area (Å²) in [5, 5.41) is 2.29. The number of hydrogen-bond donors (Lipinski definition) is 1. The molecule has 1 N–H and O–H groups in total. The Kier molecular flexibility index (Phi) is 4.73. The van der Waals surface area contributed by atoms with Crippen molar-refractivity contribution in [1.82, 2.24) is 5.32 Å². The molecule has 0 atom stereocenters. The number of nitrogens with one attached hydrogen (secondary N) is 1. The van der Waals surface area contributed by atoms with Crippen LogP contribution >= 0.6 is 0 Å². The summed E-state index contributed by atoms with van der Waals surface area (Å²) in [6.07, 6.45) is 9.29. The van der Waals surface area contributed by atoms with Crippen LogP contribution in [-0.2, 0) is 15.0 Å². The second-order valence-electron chi connectivity index (χ2n) is 10.8. The Morgan fingerprint density at radius 3 is 2.12 bits per heavy atom. The highest BCUT2D eigenvalue weighted by Crippen LogP contribution is 2.60. The van der Waals surface area contributed by atoms with Crippen molar-refractivity contribution in [3.8, 4) is 0 Å². The molecule has 0 radical (unpaired) electrons. The van der Waals surface area contributed by atoms with Crippen molar-refractivity contribution in [2.45, 2.75) is 43.9 Å². The molecule has 7 rings (SSSR count). The van der Waals surface area contributed by atoms with Gasteiger partial charge in [0.15, 0.2) is 5.88 Å². The fraction of sp³-hybridized carbons (Fsp3) is 0.444. The molecule has 34 heavy (non-hydrogen) atoms. The van der Waals surface area contributed by atoms with Crippen molar-refractivity contribution in [2.24, 2.45) is 17.8 Å². The van der Waals surface area contributed by atoms with Crippen molar-refractivity contribution >= 4 is 35.5 Å². The Morgan fingerprint density at radius 2 is 1.56 bits per heavy atom. The predicted molar refractivity (Wildman–Crippen MR) is 128 cm³/mol. The van der Waals surface area contributed by atoms with Crippen LogP contribution in [0.2, 0.25) is 0 Å². The summed E-state index contributed by atoms with van der Waals surface area (Å²) in [4.78, 5) is 41.1. The zero-order valence-electron chi connectivity index (χ0n) is 19.5. The maximum Gasteiger partial charge on any atom is 0.335 e. The second kappa shape index (κ2) is 7.58. The number of carbonyl (C=O) groups excluding carboxylic acids is 3. The van der Waals surface area contributed by atoms with E-state index < -0.39 is 17.8 Å². The molecule has 2 heterocycles. The van der Waals surface area contributed by atoms with Gasteiger partial charge in [0, 0.05) is 20.2 Å². The summed E-state index contributed by atoms with van der Waals surface area (Å²) in [6, 6.07) is 10.6. The van der Waals surface area contributed by atoms with Gasteiger partial charge in [0.1, 0.15) is 11.3 Å². The van der Waals surface area contributed by atoms with Crippen LogP contribution in [0.15, 0.2) is 46.4 Å². The molecular weight excluding hydrogens is 430 g/mol. The van der Waals surface area contributed by atoms with Gasteiger partial charge in [-0.15, -0.1) is 0 Å². The summed E-state index contributed by atoms with van der Waals surface area (Å²) in [5.74, 6) is 2.12. The lowest BCUT2D eigenvalue weighted by Crippen LogP contribution is -2.54. The third-order valence-corrected chi connectivity index (χ3v) is 8.22. The van der Waals surface area contributed by atoms with Gasteiger partial charge < -0.3 is 9.32 Å². The molecule has 1 aliphatic heterocycles. The summed E-state index contributed by atoms with van der Waals surface area (Å²) in [6.45, 7) is 0. The number of benzene rings is 1. The van der Waals surface area contributed by atoms with Crippen LogP contribution < -0.4 is 15.1 Å². The molecule has 4 bridgehead atoms. The summed E-state index contributed by atoms with van der Waals surface area (Å²) in [5.41, 5.74) is 1.89. The van der Waals surface area contributed by atoms with Crippen LogP contribution in [-0.4, -0.2) is 31.9 Å². The van der Waals surface area contributed by atoms with Gasteiger partial charge in [-0.3, -0.25) is 14.9 Å². The van der Waals surface area contributed by atoms with Crippen LogP contribution in [0.1, 0.15) is 49.8 Å². The molecular formula is C27H29N3O4. The Hall–Kier alpha value is -3.35. The number of urea groups is 1. The molecule has 5 fully saturated rings. The summed E-state index contributed by atoms with van der Waals surface area (Å²) in [7, 11) is 3.67. The minimum Gasteiger partial charge on any atom is -0.441 e. The van der Waals surface area contributed by atoms with E-state index in [1.807, 2.05) is 26.2 Å². The average molecular weight is 460 g/mol. The van der Waals surface area contributed by atoms with E-state index in [0.29, 0.717) is 17.3 Å². The maximum atomic E-state index is 13.2. The lowest BCUT2D eigenvalue weighted by Gasteiger charge is -2.57. The molecule has 7 heteroatoms. The molecule has 4 aliphatic carbocycles. The third-order valence-electron chi connectivity index (χ3n) is 8.22. The molecule has 1 saturated heterocycles. The second-order valence-corrected chi connectivity index (χ2v) is 10.8. The van der Waals surface area contributed by atoms with E-state index >= 15 is 0 Å². The zero-order chi connectivity index (χ0) is 23.6. The number of anilines is 2. The molecule has 4 amide bonds. The van der Waals surface area contributed by atoms with Crippen LogP contribution in [0.25, 0.3) is 6.08 Å². The highest BCUT2D eigenvalue weighted by molar-refractivity contribution is 6.39. The summed E-state index contributed by atoms with van der Waals surface area (Å²) >= 11 is 0. The topological polar surface area (TPSA) is 82.9 Å². The number of rotatable bonds is 4. The van der Waals surface area contributed by atoms with Gasteiger partial charge in [0.2, 0.25) is 0 Å². The van der Waals surface area contributed by atoms with E-state index in [1.54, 1.807) is 17.0 Å². The third kappa shape index (κ3) is 3.37. The van der Waals surface area contributed by atoms with Crippen LogP contribution in [0.4, 0.5) is 16.4 Å². The van der Waals surface area contributed by atoms with Gasteiger partial charge in [0.05, 0.1) is 5.69 Å². The normalized spacial score (nSPS) is 31.4. The lowest BCUT2D eigenvalue weighted by molar-refractivity contribution is -0.122. The van der Waals surface area contributed by atoms with Gasteiger partial charge in [-0.05, 0) is 91.5 Å². The number of imide groups is 2. The number of hydrogen-bond acceptors (Lipinski definition) is 5.